The van der Waals surface area contributed by atoms with Gasteiger partial charge in [-0.05, 0) is 65.9 Å². The van der Waals surface area contributed by atoms with Gasteiger partial charge in [-0.2, -0.15) is 0 Å². The molecule has 1 fully saturated rings. The first-order valence-corrected chi connectivity index (χ1v) is 14.1. The number of carbonyl (C=O) groups excluding carboxylic acids is 1. The van der Waals surface area contributed by atoms with E-state index >= 15 is 0 Å². The number of rotatable bonds is 10. The molecule has 1 aliphatic rings. The van der Waals surface area contributed by atoms with Gasteiger partial charge in [0.15, 0.2) is 0 Å². The van der Waals surface area contributed by atoms with Crippen LogP contribution in [0.1, 0.15) is 35.4 Å². The quantitative estimate of drug-likeness (QED) is 0.249. The van der Waals surface area contributed by atoms with E-state index in [2.05, 4.69) is 47.4 Å². The van der Waals surface area contributed by atoms with Crippen LogP contribution in [0.15, 0.2) is 103 Å². The number of likely N-dealkylation sites (N-methyl/N-ethyl adjacent to an activating group) is 1. The number of nitrogens with zero attached hydrogens (tertiary/aromatic N) is 2. The van der Waals surface area contributed by atoms with Gasteiger partial charge >= 0.3 is 0 Å². The van der Waals surface area contributed by atoms with Gasteiger partial charge in [0.1, 0.15) is 18.5 Å². The van der Waals surface area contributed by atoms with Crippen LogP contribution in [0.4, 0.5) is 0 Å². The number of para-hydroxylation sites is 1. The van der Waals surface area contributed by atoms with Crippen LogP contribution in [0.25, 0.3) is 16.8 Å². The van der Waals surface area contributed by atoms with E-state index in [0.29, 0.717) is 24.8 Å². The van der Waals surface area contributed by atoms with Crippen molar-refractivity contribution in [2.75, 3.05) is 33.3 Å². The highest BCUT2D eigenvalue weighted by molar-refractivity contribution is 5.92. The molecule has 1 N–H and O–H groups in total. The summed E-state index contributed by atoms with van der Waals surface area (Å²) in [6.45, 7) is 3.27. The molecular weight excluding hydrogens is 496 g/mol. The van der Waals surface area contributed by atoms with Gasteiger partial charge in [0.2, 0.25) is 5.91 Å². The summed E-state index contributed by atoms with van der Waals surface area (Å²) >= 11 is 0. The number of piperidine rings is 1. The summed E-state index contributed by atoms with van der Waals surface area (Å²) in [5.74, 6) is 1.14. The minimum atomic E-state index is -0.590. The number of benzene rings is 4. The number of likely N-dealkylation sites (tertiary alicyclic amines) is 1. The molecule has 5 heteroatoms. The van der Waals surface area contributed by atoms with Crippen molar-refractivity contribution in [1.82, 2.24) is 9.80 Å². The first-order chi connectivity index (χ1) is 19.5. The van der Waals surface area contributed by atoms with Crippen molar-refractivity contribution in [2.45, 2.75) is 31.4 Å². The molecule has 1 amide bonds. The average molecular weight is 535 g/mol. The molecule has 40 heavy (non-hydrogen) atoms. The highest BCUT2D eigenvalue weighted by Crippen LogP contribution is 2.30. The van der Waals surface area contributed by atoms with Crippen LogP contribution in [0.3, 0.4) is 0 Å². The third kappa shape index (κ3) is 7.38. The van der Waals surface area contributed by atoms with Gasteiger partial charge < -0.3 is 19.6 Å². The van der Waals surface area contributed by atoms with Crippen molar-refractivity contribution in [1.29, 1.82) is 0 Å². The third-order valence-electron chi connectivity index (χ3n) is 7.70. The van der Waals surface area contributed by atoms with E-state index in [1.165, 1.54) is 16.3 Å². The van der Waals surface area contributed by atoms with Crippen LogP contribution in [0.2, 0.25) is 0 Å². The predicted octanol–water partition coefficient (Wildman–Crippen LogP) is 6.13. The second kappa shape index (κ2) is 13.4. The van der Waals surface area contributed by atoms with Crippen LogP contribution >= 0.6 is 0 Å². The second-order valence-corrected chi connectivity index (χ2v) is 10.7. The van der Waals surface area contributed by atoms with E-state index in [-0.39, 0.29) is 12.5 Å². The molecule has 0 unspecified atom stereocenters. The summed E-state index contributed by atoms with van der Waals surface area (Å²) in [6, 6.07) is 32.9. The molecule has 0 spiro atoms. The van der Waals surface area contributed by atoms with Crippen molar-refractivity contribution in [3.05, 3.63) is 120 Å². The minimum Gasteiger partial charge on any atom is -0.490 e. The van der Waals surface area contributed by atoms with Gasteiger partial charge in [0, 0.05) is 31.8 Å². The van der Waals surface area contributed by atoms with E-state index in [1.54, 1.807) is 24.1 Å². The van der Waals surface area contributed by atoms with Crippen molar-refractivity contribution in [3.8, 4) is 5.75 Å². The topological polar surface area (TPSA) is 53.0 Å². The number of aliphatic hydroxyl groups excluding tert-OH is 1. The first-order valence-electron chi connectivity index (χ1n) is 14.1. The summed E-state index contributed by atoms with van der Waals surface area (Å²) in [6.07, 6.45) is 4.94. The normalized spacial score (nSPS) is 15.3. The fourth-order valence-electron chi connectivity index (χ4n) is 5.42. The Kier molecular flexibility index (Phi) is 9.27. The Balaban J connectivity index is 1.09. The van der Waals surface area contributed by atoms with Crippen LogP contribution in [0, 0.1) is 0 Å². The molecule has 5 rings (SSSR count). The zero-order chi connectivity index (χ0) is 27.7. The molecule has 1 heterocycles. The highest BCUT2D eigenvalue weighted by atomic mass is 16.5. The molecule has 1 saturated heterocycles. The predicted molar refractivity (Wildman–Crippen MR) is 162 cm³/mol. The molecule has 5 nitrogen and oxygen atoms in total. The smallest absolute Gasteiger partial charge is 0.246 e. The molecule has 0 aliphatic carbocycles. The van der Waals surface area contributed by atoms with Crippen molar-refractivity contribution in [2.24, 2.45) is 0 Å². The molecule has 0 bridgehead atoms. The minimum absolute atomic E-state index is 0.0780. The lowest BCUT2D eigenvalue weighted by molar-refractivity contribution is -0.125. The van der Waals surface area contributed by atoms with Gasteiger partial charge in [0.05, 0.1) is 0 Å². The van der Waals surface area contributed by atoms with Crippen molar-refractivity contribution < 1.29 is 14.6 Å². The largest absolute Gasteiger partial charge is 0.490 e. The van der Waals surface area contributed by atoms with E-state index in [0.717, 1.165) is 37.1 Å². The zero-order valence-corrected chi connectivity index (χ0v) is 23.2. The maximum atomic E-state index is 12.6. The van der Waals surface area contributed by atoms with E-state index < -0.39 is 6.10 Å². The van der Waals surface area contributed by atoms with E-state index in [4.69, 9.17) is 4.74 Å². The molecule has 0 aromatic heterocycles. The van der Waals surface area contributed by atoms with Crippen LogP contribution in [0.5, 0.6) is 5.75 Å². The monoisotopic (exact) mass is 534 g/mol. The molecule has 1 atom stereocenters. The Labute approximate surface area is 237 Å². The lowest BCUT2D eigenvalue weighted by Crippen LogP contribution is -2.40. The number of aliphatic hydroxyl groups is 1. The number of ether oxygens (including phenoxy) is 1. The standard InChI is InChI=1S/C35H38N2O3/c1-36(24-27-9-3-2-4-10-27)35(39)18-17-30-12-7-8-14-34(30)40-26-33(38)25-37-21-19-29(20-22-37)32-16-15-28-11-5-6-13-31(28)23-32/h2-18,23,29,33,38H,19-22,24-26H2,1H3/t33-/m0/s1. The molecule has 0 saturated carbocycles. The fourth-order valence-corrected chi connectivity index (χ4v) is 5.42. The van der Waals surface area contributed by atoms with Crippen molar-refractivity contribution >= 4 is 22.8 Å². The highest BCUT2D eigenvalue weighted by Gasteiger charge is 2.22. The van der Waals surface area contributed by atoms with Gasteiger partial charge in [-0.3, -0.25) is 4.79 Å². The molecule has 1 aliphatic heterocycles. The second-order valence-electron chi connectivity index (χ2n) is 10.7. The fraction of sp³-hybridized carbons (Fsp3) is 0.286. The number of carbonyl (C=O) groups is 1. The Morgan fingerprint density at radius 2 is 1.65 bits per heavy atom. The van der Waals surface area contributed by atoms with Crippen LogP contribution in [-0.4, -0.2) is 60.2 Å². The van der Waals surface area contributed by atoms with Crippen LogP contribution in [-0.2, 0) is 11.3 Å². The summed E-state index contributed by atoms with van der Waals surface area (Å²) in [5.41, 5.74) is 3.31. The SMILES string of the molecule is CN(Cc1ccccc1)C(=O)C=Cc1ccccc1OC[C@@H](O)CN1CCC(c2ccc3ccccc3c2)CC1. The Bertz CT molecular complexity index is 1430. The zero-order valence-electron chi connectivity index (χ0n) is 23.2. The number of amides is 1. The Morgan fingerprint density at radius 1 is 0.950 bits per heavy atom. The summed E-state index contributed by atoms with van der Waals surface area (Å²) < 4.78 is 6.01. The molecular formula is C35H38N2O3. The number of hydrogen-bond acceptors (Lipinski definition) is 4. The lowest BCUT2D eigenvalue weighted by Gasteiger charge is -2.33. The number of fused-ring (bicyclic) bond motifs is 1. The summed E-state index contributed by atoms with van der Waals surface area (Å²) in [7, 11) is 1.79. The molecule has 206 valence electrons. The molecule has 4 aromatic rings. The van der Waals surface area contributed by atoms with Gasteiger partial charge in [0.25, 0.3) is 0 Å². The number of hydrogen-bond donors (Lipinski definition) is 1. The Hall–Kier alpha value is -3.93. The third-order valence-corrected chi connectivity index (χ3v) is 7.70. The van der Waals surface area contributed by atoms with Gasteiger partial charge in [-0.1, -0.05) is 91.0 Å². The maximum absolute atomic E-state index is 12.6. The number of β-amino-alcohol motifs (C(OH)–C–C–N with tert-alkyl or cyclic N) is 1. The summed E-state index contributed by atoms with van der Waals surface area (Å²) in [4.78, 5) is 16.7. The lowest BCUT2D eigenvalue weighted by atomic mass is 9.88. The molecule has 4 aromatic carbocycles. The van der Waals surface area contributed by atoms with E-state index in [1.807, 2.05) is 54.6 Å². The average Bonchev–Trinajstić information content (AvgIpc) is 3.00. The van der Waals surface area contributed by atoms with E-state index in [9.17, 15) is 9.90 Å². The summed E-state index contributed by atoms with van der Waals surface area (Å²) in [5, 5.41) is 13.3. The van der Waals surface area contributed by atoms with Crippen molar-refractivity contribution in [3.63, 3.8) is 0 Å². The molecule has 0 radical (unpaired) electrons. The van der Waals surface area contributed by atoms with Crippen LogP contribution < -0.4 is 4.74 Å². The first kappa shape index (κ1) is 27.6. The maximum Gasteiger partial charge on any atom is 0.246 e. The Morgan fingerprint density at radius 3 is 2.45 bits per heavy atom. The van der Waals surface area contributed by atoms with Gasteiger partial charge in [-0.15, -0.1) is 0 Å². The van der Waals surface area contributed by atoms with Gasteiger partial charge in [-0.25, -0.2) is 0 Å².